The van der Waals surface area contributed by atoms with E-state index in [1.54, 1.807) is 0 Å². The molecule has 92 valence electrons. The Labute approximate surface area is 97.9 Å². The highest BCUT2D eigenvalue weighted by atomic mass is 16.5. The minimum absolute atomic E-state index is 0.103. The Morgan fingerprint density at radius 1 is 1.12 bits per heavy atom. The second kappa shape index (κ2) is 4.63. The van der Waals surface area contributed by atoms with Gasteiger partial charge in [0.1, 0.15) is 0 Å². The van der Waals surface area contributed by atoms with Gasteiger partial charge >= 0.3 is 0 Å². The summed E-state index contributed by atoms with van der Waals surface area (Å²) in [4.78, 5) is 0. The Morgan fingerprint density at radius 3 is 2.62 bits per heavy atom. The highest BCUT2D eigenvalue weighted by Crippen LogP contribution is 2.38. The molecule has 2 heterocycles. The van der Waals surface area contributed by atoms with Gasteiger partial charge in [0.15, 0.2) is 0 Å². The Bertz CT molecular complexity index is 226. The zero-order valence-corrected chi connectivity index (χ0v) is 10.0. The summed E-state index contributed by atoms with van der Waals surface area (Å²) < 4.78 is 11.6. The monoisotopic (exact) mass is 225 g/mol. The first-order valence-electron chi connectivity index (χ1n) is 6.84. The van der Waals surface area contributed by atoms with Crippen LogP contribution in [0.1, 0.15) is 38.5 Å². The van der Waals surface area contributed by atoms with Crippen molar-refractivity contribution in [3.63, 3.8) is 0 Å². The molecule has 3 fully saturated rings. The van der Waals surface area contributed by atoms with Crippen LogP contribution in [0.3, 0.4) is 0 Å². The van der Waals surface area contributed by atoms with Gasteiger partial charge in [0.05, 0.1) is 12.2 Å². The van der Waals surface area contributed by atoms with Crippen LogP contribution < -0.4 is 5.32 Å². The SMILES string of the molecule is C1CC(CC2NCCOC23CCOCC3)C1. The van der Waals surface area contributed by atoms with Gasteiger partial charge in [-0.15, -0.1) is 0 Å². The van der Waals surface area contributed by atoms with Gasteiger partial charge in [-0.2, -0.15) is 0 Å². The highest BCUT2D eigenvalue weighted by Gasteiger charge is 2.44. The fourth-order valence-electron chi connectivity index (χ4n) is 3.34. The Hall–Kier alpha value is -0.120. The summed E-state index contributed by atoms with van der Waals surface area (Å²) in [6, 6.07) is 0.579. The number of ether oxygens (including phenoxy) is 2. The van der Waals surface area contributed by atoms with Crippen LogP contribution in [0.5, 0.6) is 0 Å². The molecule has 0 amide bonds. The number of hydrogen-bond donors (Lipinski definition) is 1. The summed E-state index contributed by atoms with van der Waals surface area (Å²) in [7, 11) is 0. The fourth-order valence-corrected chi connectivity index (χ4v) is 3.34. The van der Waals surface area contributed by atoms with E-state index in [1.165, 1.54) is 25.7 Å². The van der Waals surface area contributed by atoms with E-state index in [1.807, 2.05) is 0 Å². The minimum Gasteiger partial charge on any atom is -0.381 e. The maximum absolute atomic E-state index is 6.15. The van der Waals surface area contributed by atoms with Gasteiger partial charge in [0.25, 0.3) is 0 Å². The first-order valence-corrected chi connectivity index (χ1v) is 6.84. The smallest absolute Gasteiger partial charge is 0.0879 e. The van der Waals surface area contributed by atoms with E-state index in [-0.39, 0.29) is 5.60 Å². The molecule has 0 radical (unpaired) electrons. The van der Waals surface area contributed by atoms with Crippen molar-refractivity contribution in [3.05, 3.63) is 0 Å². The van der Waals surface area contributed by atoms with Crippen LogP contribution in [0.4, 0.5) is 0 Å². The molecule has 2 aliphatic heterocycles. The van der Waals surface area contributed by atoms with Gasteiger partial charge in [0, 0.05) is 38.6 Å². The van der Waals surface area contributed by atoms with E-state index in [0.717, 1.165) is 45.1 Å². The molecule has 1 unspecified atom stereocenters. The summed E-state index contributed by atoms with van der Waals surface area (Å²) in [6.45, 7) is 3.66. The van der Waals surface area contributed by atoms with E-state index in [2.05, 4.69) is 5.32 Å². The summed E-state index contributed by atoms with van der Waals surface area (Å²) in [5.74, 6) is 0.957. The predicted octanol–water partition coefficient (Wildman–Crippen LogP) is 1.71. The molecular formula is C13H23NO2. The molecule has 1 aliphatic carbocycles. The minimum atomic E-state index is 0.103. The first-order chi connectivity index (χ1) is 7.89. The summed E-state index contributed by atoms with van der Waals surface area (Å²) in [5.41, 5.74) is 0.103. The van der Waals surface area contributed by atoms with Crippen LogP contribution in [0.2, 0.25) is 0 Å². The van der Waals surface area contributed by atoms with Crippen molar-refractivity contribution in [1.82, 2.24) is 5.32 Å². The number of hydrogen-bond acceptors (Lipinski definition) is 3. The molecule has 0 aromatic carbocycles. The van der Waals surface area contributed by atoms with Crippen LogP contribution in [-0.4, -0.2) is 38.0 Å². The lowest BCUT2D eigenvalue weighted by molar-refractivity contribution is -0.152. The number of nitrogens with one attached hydrogen (secondary N) is 1. The molecule has 0 aromatic rings. The molecule has 1 atom stereocenters. The second-order valence-corrected chi connectivity index (χ2v) is 5.56. The molecule has 3 aliphatic rings. The standard InChI is InChI=1S/C13H23NO2/c1-2-11(3-1)10-12-13(16-9-6-14-12)4-7-15-8-5-13/h11-12,14H,1-10H2. The van der Waals surface area contributed by atoms with Crippen molar-refractivity contribution >= 4 is 0 Å². The Kier molecular flexibility index (Phi) is 3.18. The van der Waals surface area contributed by atoms with Crippen LogP contribution >= 0.6 is 0 Å². The van der Waals surface area contributed by atoms with Crippen LogP contribution in [0.25, 0.3) is 0 Å². The van der Waals surface area contributed by atoms with Crippen LogP contribution in [-0.2, 0) is 9.47 Å². The van der Waals surface area contributed by atoms with Crippen molar-refractivity contribution in [2.45, 2.75) is 50.2 Å². The van der Waals surface area contributed by atoms with Crippen molar-refractivity contribution < 1.29 is 9.47 Å². The zero-order valence-electron chi connectivity index (χ0n) is 10.0. The molecule has 3 rings (SSSR count). The summed E-state index contributed by atoms with van der Waals surface area (Å²) in [6.07, 6.45) is 7.79. The molecule has 3 heteroatoms. The molecule has 3 nitrogen and oxygen atoms in total. The third-order valence-corrected chi connectivity index (χ3v) is 4.65. The average molecular weight is 225 g/mol. The van der Waals surface area contributed by atoms with Crippen LogP contribution in [0, 0.1) is 5.92 Å². The number of morpholine rings is 1. The topological polar surface area (TPSA) is 30.5 Å². The van der Waals surface area contributed by atoms with Gasteiger partial charge in [0.2, 0.25) is 0 Å². The highest BCUT2D eigenvalue weighted by molar-refractivity contribution is 4.98. The molecular weight excluding hydrogens is 202 g/mol. The summed E-state index contributed by atoms with van der Waals surface area (Å²) >= 11 is 0. The predicted molar refractivity (Wildman–Crippen MR) is 62.5 cm³/mol. The van der Waals surface area contributed by atoms with Crippen molar-refractivity contribution in [1.29, 1.82) is 0 Å². The molecule has 2 saturated heterocycles. The third-order valence-electron chi connectivity index (χ3n) is 4.65. The summed E-state index contributed by atoms with van der Waals surface area (Å²) in [5, 5.41) is 3.70. The lowest BCUT2D eigenvalue weighted by Gasteiger charge is -2.48. The largest absolute Gasteiger partial charge is 0.381 e. The lowest BCUT2D eigenvalue weighted by Crippen LogP contribution is -2.60. The normalized spacial score (nSPS) is 34.9. The van der Waals surface area contributed by atoms with Crippen molar-refractivity contribution in [2.75, 3.05) is 26.4 Å². The van der Waals surface area contributed by atoms with E-state index < -0.39 is 0 Å². The molecule has 1 saturated carbocycles. The lowest BCUT2D eigenvalue weighted by atomic mass is 9.74. The van der Waals surface area contributed by atoms with Gasteiger partial charge in [-0.25, -0.2) is 0 Å². The Balaban J connectivity index is 1.66. The van der Waals surface area contributed by atoms with Crippen molar-refractivity contribution in [2.24, 2.45) is 5.92 Å². The van der Waals surface area contributed by atoms with Gasteiger partial charge in [-0.1, -0.05) is 19.3 Å². The van der Waals surface area contributed by atoms with Crippen molar-refractivity contribution in [3.8, 4) is 0 Å². The second-order valence-electron chi connectivity index (χ2n) is 5.56. The third kappa shape index (κ3) is 2.01. The maximum Gasteiger partial charge on any atom is 0.0879 e. The van der Waals surface area contributed by atoms with E-state index in [9.17, 15) is 0 Å². The van der Waals surface area contributed by atoms with E-state index in [0.29, 0.717) is 6.04 Å². The average Bonchev–Trinajstić information content (AvgIpc) is 2.27. The molecule has 16 heavy (non-hydrogen) atoms. The fraction of sp³-hybridized carbons (Fsp3) is 1.00. The first kappa shape index (κ1) is 11.0. The van der Waals surface area contributed by atoms with E-state index in [4.69, 9.17) is 9.47 Å². The molecule has 1 N–H and O–H groups in total. The van der Waals surface area contributed by atoms with Gasteiger partial charge in [-0.3, -0.25) is 0 Å². The Morgan fingerprint density at radius 2 is 1.94 bits per heavy atom. The van der Waals surface area contributed by atoms with Crippen LogP contribution in [0.15, 0.2) is 0 Å². The molecule has 0 aromatic heterocycles. The zero-order chi connectivity index (χ0) is 10.8. The van der Waals surface area contributed by atoms with Gasteiger partial charge < -0.3 is 14.8 Å². The molecule has 0 bridgehead atoms. The molecule has 1 spiro atoms. The quantitative estimate of drug-likeness (QED) is 0.776. The van der Waals surface area contributed by atoms with E-state index >= 15 is 0 Å². The van der Waals surface area contributed by atoms with Gasteiger partial charge in [-0.05, 0) is 12.3 Å². The number of rotatable bonds is 2. The maximum atomic E-state index is 6.15.